The number of fused-ring (bicyclic) bond motifs is 1. The van der Waals surface area contributed by atoms with E-state index < -0.39 is 0 Å². The summed E-state index contributed by atoms with van der Waals surface area (Å²) < 4.78 is 7.80. The Bertz CT molecular complexity index is 760. The standard InChI is InChI=1S/C15H16ClN3O/c1-9-11(8-18-19(9)3)14(17-2)13-7-10-5-4-6-12(16)15(10)20-13/h4-8,14,17H,1-3H3. The van der Waals surface area contributed by atoms with Gasteiger partial charge in [-0.3, -0.25) is 4.68 Å². The summed E-state index contributed by atoms with van der Waals surface area (Å²) in [7, 11) is 3.84. The quantitative estimate of drug-likeness (QED) is 0.803. The predicted molar refractivity (Wildman–Crippen MR) is 80.1 cm³/mol. The normalized spacial score (nSPS) is 13.0. The number of rotatable bonds is 3. The Morgan fingerprint density at radius 1 is 1.40 bits per heavy atom. The van der Waals surface area contributed by atoms with Crippen molar-refractivity contribution in [2.24, 2.45) is 7.05 Å². The fourth-order valence-corrected chi connectivity index (χ4v) is 2.66. The predicted octanol–water partition coefficient (Wildman–Crippen LogP) is 3.44. The van der Waals surface area contributed by atoms with Crippen LogP contribution in [0.25, 0.3) is 11.0 Å². The first-order valence-electron chi connectivity index (χ1n) is 6.45. The third kappa shape index (κ3) is 2.01. The summed E-state index contributed by atoms with van der Waals surface area (Å²) in [4.78, 5) is 0. The highest BCUT2D eigenvalue weighted by Crippen LogP contribution is 2.32. The molecule has 0 aliphatic carbocycles. The second-order valence-corrected chi connectivity index (χ2v) is 5.24. The molecule has 1 atom stereocenters. The van der Waals surface area contributed by atoms with Crippen LogP contribution in [0.1, 0.15) is 23.1 Å². The number of nitrogens with zero attached hydrogens (tertiary/aromatic N) is 2. The highest BCUT2D eigenvalue weighted by Gasteiger charge is 2.21. The molecule has 0 aliphatic rings. The van der Waals surface area contributed by atoms with Gasteiger partial charge in [-0.1, -0.05) is 23.7 Å². The highest BCUT2D eigenvalue weighted by atomic mass is 35.5. The van der Waals surface area contributed by atoms with Crippen LogP contribution in [0.2, 0.25) is 5.02 Å². The summed E-state index contributed by atoms with van der Waals surface area (Å²) in [5, 5.41) is 9.21. The lowest BCUT2D eigenvalue weighted by Gasteiger charge is -2.13. The molecule has 4 nitrogen and oxygen atoms in total. The minimum atomic E-state index is -0.0350. The van der Waals surface area contributed by atoms with E-state index in [9.17, 15) is 0 Å². The van der Waals surface area contributed by atoms with Gasteiger partial charge >= 0.3 is 0 Å². The van der Waals surface area contributed by atoms with Crippen LogP contribution in [-0.2, 0) is 7.05 Å². The average Bonchev–Trinajstić information content (AvgIpc) is 2.99. The molecule has 1 aromatic carbocycles. The van der Waals surface area contributed by atoms with Gasteiger partial charge in [0, 0.05) is 23.7 Å². The van der Waals surface area contributed by atoms with Crippen LogP contribution in [-0.4, -0.2) is 16.8 Å². The molecule has 5 heteroatoms. The maximum atomic E-state index is 6.17. The lowest BCUT2D eigenvalue weighted by molar-refractivity contribution is 0.490. The molecule has 0 aliphatic heterocycles. The zero-order valence-corrected chi connectivity index (χ0v) is 12.4. The van der Waals surface area contributed by atoms with Gasteiger partial charge in [-0.25, -0.2) is 0 Å². The van der Waals surface area contributed by atoms with Gasteiger partial charge in [-0.05, 0) is 26.1 Å². The Labute approximate surface area is 122 Å². The fraction of sp³-hybridized carbons (Fsp3) is 0.267. The molecule has 0 saturated heterocycles. The first-order chi connectivity index (χ1) is 9.61. The van der Waals surface area contributed by atoms with Crippen LogP contribution in [0.4, 0.5) is 0 Å². The first-order valence-corrected chi connectivity index (χ1v) is 6.83. The Kier molecular flexibility index (Phi) is 3.28. The molecule has 0 radical (unpaired) electrons. The largest absolute Gasteiger partial charge is 0.457 e. The Morgan fingerprint density at radius 2 is 2.20 bits per heavy atom. The molecule has 0 saturated carbocycles. The van der Waals surface area contributed by atoms with Crippen molar-refractivity contribution >= 4 is 22.6 Å². The van der Waals surface area contributed by atoms with Gasteiger partial charge in [-0.15, -0.1) is 0 Å². The summed E-state index contributed by atoms with van der Waals surface area (Å²) >= 11 is 6.17. The van der Waals surface area contributed by atoms with Crippen LogP contribution in [0.15, 0.2) is 34.9 Å². The van der Waals surface area contributed by atoms with E-state index in [0.29, 0.717) is 5.02 Å². The molecular formula is C15H16ClN3O. The lowest BCUT2D eigenvalue weighted by Crippen LogP contribution is -2.17. The van der Waals surface area contributed by atoms with E-state index in [2.05, 4.69) is 10.4 Å². The van der Waals surface area contributed by atoms with Gasteiger partial charge < -0.3 is 9.73 Å². The van der Waals surface area contributed by atoms with Gasteiger partial charge in [0.05, 0.1) is 17.3 Å². The molecule has 1 N–H and O–H groups in total. The monoisotopic (exact) mass is 289 g/mol. The molecular weight excluding hydrogens is 274 g/mol. The van der Waals surface area contributed by atoms with Crippen molar-refractivity contribution in [3.63, 3.8) is 0 Å². The Hall–Kier alpha value is -1.78. The summed E-state index contributed by atoms with van der Waals surface area (Å²) in [5.41, 5.74) is 2.94. The van der Waals surface area contributed by atoms with Gasteiger partial charge in [0.15, 0.2) is 5.58 Å². The topological polar surface area (TPSA) is 43.0 Å². The maximum absolute atomic E-state index is 6.17. The van der Waals surface area contributed by atoms with E-state index in [1.54, 1.807) is 0 Å². The van der Waals surface area contributed by atoms with Gasteiger partial charge in [0.2, 0.25) is 0 Å². The van der Waals surface area contributed by atoms with E-state index in [1.807, 2.05) is 56.2 Å². The van der Waals surface area contributed by atoms with Gasteiger partial charge in [0.1, 0.15) is 5.76 Å². The molecule has 104 valence electrons. The number of hydrogen-bond donors (Lipinski definition) is 1. The van der Waals surface area contributed by atoms with Crippen molar-refractivity contribution in [3.8, 4) is 0 Å². The zero-order valence-electron chi connectivity index (χ0n) is 11.6. The van der Waals surface area contributed by atoms with Crippen LogP contribution in [0.3, 0.4) is 0 Å². The third-order valence-corrected chi connectivity index (χ3v) is 3.97. The number of furan rings is 1. The summed E-state index contributed by atoms with van der Waals surface area (Å²) in [6.45, 7) is 2.04. The summed E-state index contributed by atoms with van der Waals surface area (Å²) in [6, 6.07) is 7.74. The molecule has 3 rings (SSSR count). The van der Waals surface area contributed by atoms with Crippen molar-refractivity contribution in [2.75, 3.05) is 7.05 Å². The second kappa shape index (κ2) is 4.96. The number of benzene rings is 1. The molecule has 0 bridgehead atoms. The fourth-order valence-electron chi connectivity index (χ4n) is 2.44. The second-order valence-electron chi connectivity index (χ2n) is 4.84. The van der Waals surface area contributed by atoms with Crippen molar-refractivity contribution in [1.82, 2.24) is 15.1 Å². The van der Waals surface area contributed by atoms with E-state index in [-0.39, 0.29) is 6.04 Å². The van der Waals surface area contributed by atoms with E-state index in [1.165, 1.54) is 0 Å². The Morgan fingerprint density at radius 3 is 2.80 bits per heavy atom. The van der Waals surface area contributed by atoms with Crippen LogP contribution in [0, 0.1) is 6.92 Å². The number of para-hydroxylation sites is 1. The molecule has 0 amide bonds. The Balaban J connectivity index is 2.12. The number of halogens is 1. The van der Waals surface area contributed by atoms with Crippen molar-refractivity contribution in [3.05, 3.63) is 52.5 Å². The van der Waals surface area contributed by atoms with E-state index >= 15 is 0 Å². The van der Waals surface area contributed by atoms with E-state index in [4.69, 9.17) is 16.0 Å². The lowest BCUT2D eigenvalue weighted by atomic mass is 10.1. The maximum Gasteiger partial charge on any atom is 0.152 e. The molecule has 20 heavy (non-hydrogen) atoms. The highest BCUT2D eigenvalue weighted by molar-refractivity contribution is 6.34. The van der Waals surface area contributed by atoms with Crippen molar-refractivity contribution in [1.29, 1.82) is 0 Å². The average molecular weight is 290 g/mol. The smallest absolute Gasteiger partial charge is 0.152 e. The minimum absolute atomic E-state index is 0.0350. The van der Waals surface area contributed by atoms with E-state index in [0.717, 1.165) is 28.0 Å². The molecule has 1 unspecified atom stereocenters. The summed E-state index contributed by atoms with van der Waals surface area (Å²) in [5.74, 6) is 0.840. The van der Waals surface area contributed by atoms with Gasteiger partial charge in [-0.2, -0.15) is 5.10 Å². The zero-order chi connectivity index (χ0) is 14.3. The van der Waals surface area contributed by atoms with Crippen molar-refractivity contribution in [2.45, 2.75) is 13.0 Å². The summed E-state index contributed by atoms with van der Waals surface area (Å²) in [6.07, 6.45) is 1.87. The molecule has 0 spiro atoms. The number of nitrogens with one attached hydrogen (secondary N) is 1. The number of hydrogen-bond acceptors (Lipinski definition) is 3. The molecule has 2 aromatic heterocycles. The first kappa shape index (κ1) is 13.2. The van der Waals surface area contributed by atoms with Crippen LogP contribution in [0.5, 0.6) is 0 Å². The third-order valence-electron chi connectivity index (χ3n) is 3.67. The molecule has 0 fully saturated rings. The molecule has 3 aromatic rings. The SMILES string of the molecule is CNC(c1cc2cccc(Cl)c2o1)c1cnn(C)c1C. The number of aromatic nitrogens is 2. The van der Waals surface area contributed by atoms with Crippen molar-refractivity contribution < 1.29 is 4.42 Å². The minimum Gasteiger partial charge on any atom is -0.457 e. The van der Waals surface area contributed by atoms with Crippen LogP contribution < -0.4 is 5.32 Å². The molecule has 2 heterocycles. The van der Waals surface area contributed by atoms with Gasteiger partial charge in [0.25, 0.3) is 0 Å². The van der Waals surface area contributed by atoms with Crippen LogP contribution >= 0.6 is 11.6 Å². The number of aryl methyl sites for hydroxylation is 1.